The van der Waals surface area contributed by atoms with Crippen LogP contribution in [0.1, 0.15) is 16.1 Å². The average Bonchev–Trinajstić information content (AvgIpc) is 3.21. The highest BCUT2D eigenvalue weighted by Crippen LogP contribution is 2.17. The van der Waals surface area contributed by atoms with E-state index in [2.05, 4.69) is 21.2 Å². The predicted octanol–water partition coefficient (Wildman–Crippen LogP) is 4.20. The summed E-state index contributed by atoms with van der Waals surface area (Å²) in [6.07, 6.45) is 3.33. The molecule has 2 aromatic heterocycles. The second-order valence-corrected chi connectivity index (χ2v) is 7.41. The smallest absolute Gasteiger partial charge is 0.289 e. The van der Waals surface area contributed by atoms with Gasteiger partial charge in [-0.05, 0) is 48.1 Å². The molecule has 156 valence electrons. The fraction of sp³-hybridized carbons (Fsp3) is 0.0455. The summed E-state index contributed by atoms with van der Waals surface area (Å²) in [6, 6.07) is 20.7. The summed E-state index contributed by atoms with van der Waals surface area (Å²) >= 11 is 11.2. The third-order valence-electron chi connectivity index (χ3n) is 4.30. The average molecular weight is 452 g/mol. The molecule has 0 spiro atoms. The maximum Gasteiger partial charge on any atom is 0.289 e. The van der Waals surface area contributed by atoms with Crippen molar-refractivity contribution in [3.05, 3.63) is 95.4 Å². The number of benzene rings is 2. The monoisotopic (exact) mass is 451 g/mol. The number of hydrogen-bond acceptors (Lipinski definition) is 4. The number of thiocarbonyl (C=S) groups is 1. The molecule has 7 nitrogen and oxygen atoms in total. The number of halogens is 1. The van der Waals surface area contributed by atoms with Gasteiger partial charge >= 0.3 is 0 Å². The van der Waals surface area contributed by atoms with Gasteiger partial charge in [0.05, 0.1) is 0 Å². The molecule has 0 unspecified atom stereocenters. The Kier molecular flexibility index (Phi) is 6.30. The number of hydrazine groups is 1. The largest absolute Gasteiger partial charge is 0.489 e. The molecule has 0 saturated carbocycles. The second-order valence-electron chi connectivity index (χ2n) is 6.57. The molecule has 0 aliphatic carbocycles. The summed E-state index contributed by atoms with van der Waals surface area (Å²) in [5.41, 5.74) is 7.84. The quantitative estimate of drug-likeness (QED) is 0.312. The zero-order valence-corrected chi connectivity index (χ0v) is 17.8. The number of fused-ring (bicyclic) bond motifs is 1. The van der Waals surface area contributed by atoms with E-state index < -0.39 is 5.91 Å². The van der Waals surface area contributed by atoms with Crippen LogP contribution in [-0.4, -0.2) is 20.4 Å². The topological polar surface area (TPSA) is 79.7 Å². The van der Waals surface area contributed by atoms with Crippen LogP contribution in [0.15, 0.2) is 79.1 Å². The summed E-state index contributed by atoms with van der Waals surface area (Å²) in [5, 5.41) is 3.77. The van der Waals surface area contributed by atoms with Crippen LogP contribution >= 0.6 is 23.8 Å². The van der Waals surface area contributed by atoms with Crippen molar-refractivity contribution in [3.63, 3.8) is 0 Å². The normalized spacial score (nSPS) is 10.5. The Balaban J connectivity index is 1.26. The van der Waals surface area contributed by atoms with Crippen LogP contribution in [0.25, 0.3) is 5.65 Å². The number of carbonyl (C=O) groups excluding carboxylic acids is 1. The Morgan fingerprint density at radius 1 is 1.06 bits per heavy atom. The fourth-order valence-electron chi connectivity index (χ4n) is 2.78. The number of rotatable bonds is 5. The molecule has 0 radical (unpaired) electrons. The highest BCUT2D eigenvalue weighted by Gasteiger charge is 2.11. The Hall–Kier alpha value is -3.62. The molecule has 1 amide bonds. The van der Waals surface area contributed by atoms with Crippen molar-refractivity contribution in [3.8, 4) is 5.75 Å². The molecule has 2 heterocycles. The van der Waals surface area contributed by atoms with Crippen LogP contribution in [0.2, 0.25) is 5.02 Å². The van der Waals surface area contributed by atoms with E-state index in [1.165, 1.54) is 0 Å². The van der Waals surface area contributed by atoms with Crippen molar-refractivity contribution >= 4 is 46.2 Å². The molecule has 4 rings (SSSR count). The van der Waals surface area contributed by atoms with E-state index in [-0.39, 0.29) is 10.8 Å². The van der Waals surface area contributed by atoms with Crippen molar-refractivity contribution in [2.45, 2.75) is 6.61 Å². The molecular weight excluding hydrogens is 434 g/mol. The SMILES string of the molecule is O=C(NNC(=S)Nc1ccc(OCc2ccccc2)cc1)c1cn2ccc(Cl)cc2n1. The lowest BCUT2D eigenvalue weighted by molar-refractivity contribution is 0.0940. The third-order valence-corrected chi connectivity index (χ3v) is 4.74. The van der Waals surface area contributed by atoms with Crippen LogP contribution in [-0.2, 0) is 6.61 Å². The van der Waals surface area contributed by atoms with Gasteiger partial charge in [0.15, 0.2) is 5.11 Å². The summed E-state index contributed by atoms with van der Waals surface area (Å²) < 4.78 is 7.47. The predicted molar refractivity (Wildman–Crippen MR) is 124 cm³/mol. The lowest BCUT2D eigenvalue weighted by Gasteiger charge is -2.12. The molecule has 0 fully saturated rings. The van der Waals surface area contributed by atoms with E-state index >= 15 is 0 Å². The third kappa shape index (κ3) is 5.50. The standard InChI is InChI=1S/C22H18ClN5O2S/c23-16-10-11-28-13-19(25-20(28)12-16)21(29)26-27-22(31)24-17-6-8-18(9-7-17)30-14-15-4-2-1-3-5-15/h1-13H,14H2,(H,26,29)(H2,24,27,31). The van der Waals surface area contributed by atoms with E-state index in [1.54, 1.807) is 28.9 Å². The molecule has 9 heteroatoms. The first-order valence-electron chi connectivity index (χ1n) is 9.35. The maximum atomic E-state index is 12.3. The first-order valence-corrected chi connectivity index (χ1v) is 10.1. The van der Waals surface area contributed by atoms with Gasteiger partial charge in [-0.1, -0.05) is 41.9 Å². The molecular formula is C22H18ClN5O2S. The highest BCUT2D eigenvalue weighted by molar-refractivity contribution is 7.80. The Bertz CT molecular complexity index is 1210. The molecule has 31 heavy (non-hydrogen) atoms. The first-order chi connectivity index (χ1) is 15.1. The number of anilines is 1. The molecule has 2 aromatic carbocycles. The number of aromatic nitrogens is 2. The van der Waals surface area contributed by atoms with Gasteiger partial charge in [-0.15, -0.1) is 0 Å². The van der Waals surface area contributed by atoms with E-state index in [4.69, 9.17) is 28.6 Å². The van der Waals surface area contributed by atoms with Gasteiger partial charge < -0.3 is 14.5 Å². The molecule has 0 bridgehead atoms. The van der Waals surface area contributed by atoms with Gasteiger partial charge in [0.2, 0.25) is 0 Å². The summed E-state index contributed by atoms with van der Waals surface area (Å²) in [4.78, 5) is 16.5. The zero-order chi connectivity index (χ0) is 21.6. The van der Waals surface area contributed by atoms with Crippen molar-refractivity contribution in [1.29, 1.82) is 0 Å². The lowest BCUT2D eigenvalue weighted by Crippen LogP contribution is -2.43. The molecule has 0 aliphatic rings. The number of ether oxygens (including phenoxy) is 1. The van der Waals surface area contributed by atoms with E-state index in [0.29, 0.717) is 17.3 Å². The van der Waals surface area contributed by atoms with Gasteiger partial charge in [-0.25, -0.2) is 4.98 Å². The first kappa shape index (κ1) is 20.6. The van der Waals surface area contributed by atoms with E-state index in [9.17, 15) is 4.79 Å². The second kappa shape index (κ2) is 9.46. The summed E-state index contributed by atoms with van der Waals surface area (Å²) in [5.74, 6) is 0.321. The number of hydrogen-bond donors (Lipinski definition) is 3. The van der Waals surface area contributed by atoms with Crippen molar-refractivity contribution in [1.82, 2.24) is 20.2 Å². The zero-order valence-electron chi connectivity index (χ0n) is 16.2. The Morgan fingerprint density at radius 3 is 2.61 bits per heavy atom. The van der Waals surface area contributed by atoms with Gasteiger partial charge in [-0.3, -0.25) is 15.6 Å². The maximum absolute atomic E-state index is 12.3. The molecule has 0 aliphatic heterocycles. The minimum absolute atomic E-state index is 0.234. The summed E-state index contributed by atoms with van der Waals surface area (Å²) in [7, 11) is 0. The molecule has 0 saturated heterocycles. The number of nitrogens with zero attached hydrogens (tertiary/aromatic N) is 2. The highest BCUT2D eigenvalue weighted by atomic mass is 35.5. The number of pyridine rings is 1. The van der Waals surface area contributed by atoms with Crippen molar-refractivity contribution in [2.75, 3.05) is 5.32 Å². The summed E-state index contributed by atoms with van der Waals surface area (Å²) in [6.45, 7) is 0.495. The molecule has 0 atom stereocenters. The lowest BCUT2D eigenvalue weighted by atomic mass is 10.2. The van der Waals surface area contributed by atoms with Gasteiger partial charge in [-0.2, -0.15) is 0 Å². The number of imidazole rings is 1. The van der Waals surface area contributed by atoms with Gasteiger partial charge in [0.1, 0.15) is 23.7 Å². The fourth-order valence-corrected chi connectivity index (χ4v) is 3.10. The van der Waals surface area contributed by atoms with Crippen LogP contribution in [0.5, 0.6) is 5.75 Å². The van der Waals surface area contributed by atoms with Crippen molar-refractivity contribution < 1.29 is 9.53 Å². The van der Waals surface area contributed by atoms with Crippen LogP contribution in [0, 0.1) is 0 Å². The van der Waals surface area contributed by atoms with Crippen molar-refractivity contribution in [2.24, 2.45) is 0 Å². The van der Waals surface area contributed by atoms with Crippen LogP contribution in [0.4, 0.5) is 5.69 Å². The minimum Gasteiger partial charge on any atom is -0.489 e. The van der Waals surface area contributed by atoms with E-state index in [0.717, 1.165) is 17.0 Å². The molecule has 4 aromatic rings. The van der Waals surface area contributed by atoms with Crippen LogP contribution < -0.4 is 20.9 Å². The van der Waals surface area contributed by atoms with Crippen LogP contribution in [0.3, 0.4) is 0 Å². The van der Waals surface area contributed by atoms with Gasteiger partial charge in [0.25, 0.3) is 5.91 Å². The Morgan fingerprint density at radius 2 is 1.84 bits per heavy atom. The number of nitrogens with one attached hydrogen (secondary N) is 3. The Labute approximate surface area is 189 Å². The minimum atomic E-state index is -0.423. The van der Waals surface area contributed by atoms with E-state index in [1.807, 2.05) is 54.6 Å². The molecule has 3 N–H and O–H groups in total. The van der Waals surface area contributed by atoms with Gasteiger partial charge in [0, 0.05) is 29.2 Å². The number of carbonyl (C=O) groups is 1. The number of amides is 1.